The average molecular weight is 256 g/mol. The van der Waals surface area contributed by atoms with Crippen molar-refractivity contribution < 1.29 is 38.7 Å². The van der Waals surface area contributed by atoms with Crippen LogP contribution in [0.2, 0.25) is 0 Å². The zero-order valence-electron chi connectivity index (χ0n) is 8.99. The molecule has 0 unspecified atom stereocenters. The van der Waals surface area contributed by atoms with Crippen LogP contribution in [-0.4, -0.2) is 23.9 Å². The Morgan fingerprint density at radius 1 is 0.611 bits per heavy atom. The molecule has 8 nitrogen and oxygen atoms in total. The summed E-state index contributed by atoms with van der Waals surface area (Å²) in [6.07, 6.45) is 2.70. The van der Waals surface area contributed by atoms with E-state index in [1.54, 1.807) is 0 Å². The largest absolute Gasteiger partial charge is 0.379 e. The fourth-order valence-corrected chi connectivity index (χ4v) is 0.424. The SMILES string of the molecule is C=CC(=O)OOC(=O)/C=C/C(=O)OOC(=O)C=C. The van der Waals surface area contributed by atoms with Gasteiger partial charge in [0.05, 0.1) is 0 Å². The second kappa shape index (κ2) is 8.28. The van der Waals surface area contributed by atoms with Crippen molar-refractivity contribution in [1.29, 1.82) is 0 Å². The van der Waals surface area contributed by atoms with Gasteiger partial charge in [0.25, 0.3) is 0 Å². The molecule has 0 aliphatic rings. The smallest absolute Gasteiger partial charge is 0.242 e. The highest BCUT2D eigenvalue weighted by molar-refractivity contribution is 5.92. The zero-order chi connectivity index (χ0) is 14.0. The fourth-order valence-electron chi connectivity index (χ4n) is 0.424. The first-order chi connectivity index (χ1) is 8.49. The molecule has 0 bridgehead atoms. The summed E-state index contributed by atoms with van der Waals surface area (Å²) in [5.74, 6) is -4.28. The highest BCUT2D eigenvalue weighted by atomic mass is 17.2. The number of rotatable bonds is 4. The lowest BCUT2D eigenvalue weighted by molar-refractivity contribution is -0.251. The van der Waals surface area contributed by atoms with E-state index in [0.717, 1.165) is 12.2 Å². The molecule has 0 atom stereocenters. The summed E-state index contributed by atoms with van der Waals surface area (Å²) in [5, 5.41) is 0. The molecule has 18 heavy (non-hydrogen) atoms. The first-order valence-electron chi connectivity index (χ1n) is 4.27. The molecule has 0 aromatic rings. The molecule has 8 heteroatoms. The third-order valence-corrected chi connectivity index (χ3v) is 1.10. The first-order valence-corrected chi connectivity index (χ1v) is 4.27. The normalized spacial score (nSPS) is 9.11. The van der Waals surface area contributed by atoms with E-state index < -0.39 is 23.9 Å². The van der Waals surface area contributed by atoms with Crippen molar-refractivity contribution in [1.82, 2.24) is 0 Å². The maximum Gasteiger partial charge on any atom is 0.379 e. The Labute approximate surface area is 101 Å². The van der Waals surface area contributed by atoms with Gasteiger partial charge in [0.2, 0.25) is 0 Å². The summed E-state index contributed by atoms with van der Waals surface area (Å²) in [4.78, 5) is 58.2. The lowest BCUT2D eigenvalue weighted by Crippen LogP contribution is -2.09. The predicted molar refractivity (Wildman–Crippen MR) is 53.9 cm³/mol. The van der Waals surface area contributed by atoms with Gasteiger partial charge in [-0.3, -0.25) is 0 Å². The summed E-state index contributed by atoms with van der Waals surface area (Å²) in [5.41, 5.74) is 0. The maximum absolute atomic E-state index is 10.8. The van der Waals surface area contributed by atoms with Crippen molar-refractivity contribution in [3.05, 3.63) is 37.5 Å². The minimum absolute atomic E-state index is 0.584. The molecule has 96 valence electrons. The minimum atomic E-state index is -1.16. The van der Waals surface area contributed by atoms with Crippen LogP contribution in [0.4, 0.5) is 0 Å². The van der Waals surface area contributed by atoms with Gasteiger partial charge in [-0.05, 0) is 0 Å². The molecular formula is C10H8O8. The molecule has 0 aromatic carbocycles. The Kier molecular flexibility index (Phi) is 6.94. The highest BCUT2D eigenvalue weighted by Gasteiger charge is 2.06. The van der Waals surface area contributed by atoms with Crippen molar-refractivity contribution >= 4 is 23.9 Å². The molecule has 0 rings (SSSR count). The van der Waals surface area contributed by atoms with Gasteiger partial charge in [-0.1, -0.05) is 13.2 Å². The van der Waals surface area contributed by atoms with Gasteiger partial charge in [-0.15, -0.1) is 0 Å². The summed E-state index contributed by atoms with van der Waals surface area (Å²) >= 11 is 0. The van der Waals surface area contributed by atoms with Crippen molar-refractivity contribution in [2.24, 2.45) is 0 Å². The van der Waals surface area contributed by atoms with Gasteiger partial charge in [0.1, 0.15) is 0 Å². The van der Waals surface area contributed by atoms with Crippen LogP contribution in [0.3, 0.4) is 0 Å². The number of hydrogen-bond donors (Lipinski definition) is 0. The van der Waals surface area contributed by atoms with Crippen LogP contribution in [0.15, 0.2) is 37.5 Å². The van der Waals surface area contributed by atoms with Gasteiger partial charge >= 0.3 is 23.9 Å². The van der Waals surface area contributed by atoms with Gasteiger partial charge in [0, 0.05) is 24.3 Å². The van der Waals surface area contributed by atoms with Crippen LogP contribution >= 0.6 is 0 Å². The number of hydrogen-bond acceptors (Lipinski definition) is 8. The average Bonchev–Trinajstić information content (AvgIpc) is 2.39. The second-order valence-electron chi connectivity index (χ2n) is 2.35. The lowest BCUT2D eigenvalue weighted by atomic mass is 10.5. The number of carbonyl (C=O) groups is 4. The maximum atomic E-state index is 10.8. The summed E-state index contributed by atoms with van der Waals surface area (Å²) < 4.78 is 0. The first kappa shape index (κ1) is 15.1. The van der Waals surface area contributed by atoms with E-state index >= 15 is 0 Å². The van der Waals surface area contributed by atoms with Gasteiger partial charge in [-0.25, -0.2) is 38.7 Å². The molecule has 0 N–H and O–H groups in total. The standard InChI is InChI=1S/C10H8O8/c1-3-7(11)15-17-9(13)5-6-10(14)18-16-8(12)4-2/h3-6H,1-2H2/b6-5+. The number of carbonyl (C=O) groups excluding carboxylic acids is 4. The molecular weight excluding hydrogens is 248 g/mol. The predicted octanol–water partition coefficient (Wildman–Crippen LogP) is -0.0826. The van der Waals surface area contributed by atoms with E-state index in [9.17, 15) is 19.2 Å². The van der Waals surface area contributed by atoms with Gasteiger partial charge in [0.15, 0.2) is 0 Å². The molecule has 0 aromatic heterocycles. The second-order valence-corrected chi connectivity index (χ2v) is 2.35. The van der Waals surface area contributed by atoms with Gasteiger partial charge in [-0.2, -0.15) is 0 Å². The molecule has 0 radical (unpaired) electrons. The molecule has 0 aliphatic heterocycles. The third-order valence-electron chi connectivity index (χ3n) is 1.10. The zero-order valence-corrected chi connectivity index (χ0v) is 8.99. The van der Waals surface area contributed by atoms with E-state index in [-0.39, 0.29) is 0 Å². The quantitative estimate of drug-likeness (QED) is 0.390. The van der Waals surface area contributed by atoms with E-state index in [1.807, 2.05) is 0 Å². The van der Waals surface area contributed by atoms with Crippen molar-refractivity contribution in [3.63, 3.8) is 0 Å². The van der Waals surface area contributed by atoms with E-state index in [2.05, 4.69) is 32.7 Å². The molecule has 0 fully saturated rings. The highest BCUT2D eigenvalue weighted by Crippen LogP contribution is 1.89. The summed E-state index contributed by atoms with van der Waals surface area (Å²) in [7, 11) is 0. The Bertz CT molecular complexity index is 368. The monoisotopic (exact) mass is 256 g/mol. The molecule has 0 saturated heterocycles. The van der Waals surface area contributed by atoms with Crippen molar-refractivity contribution in [3.8, 4) is 0 Å². The van der Waals surface area contributed by atoms with E-state index in [4.69, 9.17) is 0 Å². The Morgan fingerprint density at radius 3 is 1.17 bits per heavy atom. The topological polar surface area (TPSA) is 105 Å². The van der Waals surface area contributed by atoms with E-state index in [0.29, 0.717) is 12.2 Å². The minimum Gasteiger partial charge on any atom is -0.242 e. The molecule has 0 aliphatic carbocycles. The Balaban J connectivity index is 3.98. The van der Waals surface area contributed by atoms with Crippen LogP contribution in [0.5, 0.6) is 0 Å². The summed E-state index contributed by atoms with van der Waals surface area (Å²) in [6, 6.07) is 0. The molecule has 0 heterocycles. The molecule has 0 saturated carbocycles. The molecule has 0 amide bonds. The van der Waals surface area contributed by atoms with Crippen LogP contribution in [0, 0.1) is 0 Å². The van der Waals surface area contributed by atoms with Crippen LogP contribution < -0.4 is 0 Å². The fraction of sp³-hybridized carbons (Fsp3) is 0. The van der Waals surface area contributed by atoms with Crippen molar-refractivity contribution in [2.75, 3.05) is 0 Å². The van der Waals surface area contributed by atoms with Crippen LogP contribution in [-0.2, 0) is 38.7 Å². The van der Waals surface area contributed by atoms with Crippen LogP contribution in [0.1, 0.15) is 0 Å². The van der Waals surface area contributed by atoms with Crippen LogP contribution in [0.25, 0.3) is 0 Å². The Hall–Kier alpha value is -2.90. The Morgan fingerprint density at radius 2 is 0.889 bits per heavy atom. The third kappa shape index (κ3) is 7.40. The van der Waals surface area contributed by atoms with E-state index in [1.165, 1.54) is 0 Å². The lowest BCUT2D eigenvalue weighted by Gasteiger charge is -1.97. The van der Waals surface area contributed by atoms with Crippen molar-refractivity contribution in [2.45, 2.75) is 0 Å². The summed E-state index contributed by atoms with van der Waals surface area (Å²) in [6.45, 7) is 6.09. The molecule has 0 spiro atoms. The van der Waals surface area contributed by atoms with Gasteiger partial charge < -0.3 is 0 Å².